The number of aliphatic hydroxyl groups is 1. The van der Waals surface area contributed by atoms with Crippen LogP contribution in [-0.2, 0) is 0 Å². The minimum atomic E-state index is -0.00715. The van der Waals surface area contributed by atoms with E-state index in [2.05, 4.69) is 24.1 Å². The van der Waals surface area contributed by atoms with Crippen molar-refractivity contribution in [2.75, 3.05) is 26.2 Å². The van der Waals surface area contributed by atoms with Gasteiger partial charge in [-0.15, -0.1) is 0 Å². The Hall–Kier alpha value is -0.120. The molecule has 3 heteroatoms. The van der Waals surface area contributed by atoms with E-state index >= 15 is 0 Å². The highest BCUT2D eigenvalue weighted by Gasteiger charge is 2.37. The second kappa shape index (κ2) is 8.50. The molecule has 0 spiro atoms. The van der Waals surface area contributed by atoms with Crippen molar-refractivity contribution in [2.45, 2.75) is 83.2 Å². The van der Waals surface area contributed by atoms with Crippen molar-refractivity contribution in [1.29, 1.82) is 0 Å². The highest BCUT2D eigenvalue weighted by Crippen LogP contribution is 2.33. The van der Waals surface area contributed by atoms with Gasteiger partial charge in [-0.25, -0.2) is 0 Å². The molecule has 2 fully saturated rings. The number of rotatable bonds is 6. The lowest BCUT2D eigenvalue weighted by molar-refractivity contribution is 0.0611. The summed E-state index contributed by atoms with van der Waals surface area (Å²) in [6.45, 7) is 8.29. The number of hydrogen-bond acceptors (Lipinski definition) is 3. The Bertz CT molecular complexity index is 293. The Morgan fingerprint density at radius 1 is 1.14 bits per heavy atom. The summed E-state index contributed by atoms with van der Waals surface area (Å²) in [6, 6.07) is 0.685. The first-order valence-electron chi connectivity index (χ1n) is 9.33. The summed E-state index contributed by atoms with van der Waals surface area (Å²) in [7, 11) is 0. The Labute approximate surface area is 131 Å². The Morgan fingerprint density at radius 3 is 2.71 bits per heavy atom. The van der Waals surface area contributed by atoms with E-state index in [0.29, 0.717) is 12.6 Å². The first kappa shape index (κ1) is 17.2. The summed E-state index contributed by atoms with van der Waals surface area (Å²) >= 11 is 0. The van der Waals surface area contributed by atoms with Gasteiger partial charge in [0.05, 0.1) is 6.61 Å². The second-order valence-corrected chi connectivity index (χ2v) is 7.34. The molecule has 2 N–H and O–H groups in total. The topological polar surface area (TPSA) is 35.5 Å². The van der Waals surface area contributed by atoms with Crippen LogP contribution in [0.2, 0.25) is 0 Å². The molecule has 0 bridgehead atoms. The summed E-state index contributed by atoms with van der Waals surface area (Å²) in [5, 5.41) is 13.5. The molecule has 1 aliphatic heterocycles. The zero-order valence-electron chi connectivity index (χ0n) is 14.2. The smallest absolute Gasteiger partial charge is 0.0613 e. The van der Waals surface area contributed by atoms with Gasteiger partial charge in [0.2, 0.25) is 0 Å². The molecule has 3 atom stereocenters. The molecule has 0 aromatic rings. The number of hydrogen-bond donors (Lipinski definition) is 2. The largest absolute Gasteiger partial charge is 0.394 e. The average molecular weight is 296 g/mol. The molecule has 2 rings (SSSR count). The van der Waals surface area contributed by atoms with Crippen LogP contribution in [0.25, 0.3) is 0 Å². The van der Waals surface area contributed by atoms with Crippen molar-refractivity contribution in [3.63, 3.8) is 0 Å². The molecule has 124 valence electrons. The molecule has 3 unspecified atom stereocenters. The molecule has 3 nitrogen and oxygen atoms in total. The monoisotopic (exact) mass is 296 g/mol. The van der Waals surface area contributed by atoms with Gasteiger partial charge in [0.25, 0.3) is 0 Å². The fraction of sp³-hybridized carbons (Fsp3) is 1.00. The van der Waals surface area contributed by atoms with E-state index in [1.165, 1.54) is 58.0 Å². The van der Waals surface area contributed by atoms with Crippen LogP contribution in [0.4, 0.5) is 0 Å². The molecule has 1 heterocycles. The van der Waals surface area contributed by atoms with Crippen LogP contribution in [0.3, 0.4) is 0 Å². The van der Waals surface area contributed by atoms with Gasteiger partial charge in [-0.2, -0.15) is 0 Å². The third kappa shape index (κ3) is 4.67. The van der Waals surface area contributed by atoms with Gasteiger partial charge in [0.1, 0.15) is 0 Å². The Balaban J connectivity index is 1.91. The predicted molar refractivity (Wildman–Crippen MR) is 89.6 cm³/mol. The minimum absolute atomic E-state index is 0.00715. The zero-order valence-corrected chi connectivity index (χ0v) is 14.2. The van der Waals surface area contributed by atoms with Gasteiger partial charge in [-0.05, 0) is 70.5 Å². The van der Waals surface area contributed by atoms with Crippen LogP contribution >= 0.6 is 0 Å². The highest BCUT2D eigenvalue weighted by atomic mass is 16.3. The summed E-state index contributed by atoms with van der Waals surface area (Å²) in [6.07, 6.45) is 11.8. The summed E-state index contributed by atoms with van der Waals surface area (Å²) in [5.74, 6) is 0.958. The van der Waals surface area contributed by atoms with E-state index in [0.717, 1.165) is 25.3 Å². The van der Waals surface area contributed by atoms with Crippen LogP contribution in [-0.4, -0.2) is 47.8 Å². The van der Waals surface area contributed by atoms with Gasteiger partial charge in [-0.1, -0.05) is 26.7 Å². The van der Waals surface area contributed by atoms with Crippen molar-refractivity contribution >= 4 is 0 Å². The third-order valence-electron chi connectivity index (χ3n) is 5.77. The van der Waals surface area contributed by atoms with Gasteiger partial charge in [0, 0.05) is 11.6 Å². The minimum Gasteiger partial charge on any atom is -0.394 e. The number of nitrogens with one attached hydrogen (secondary N) is 1. The van der Waals surface area contributed by atoms with Crippen molar-refractivity contribution < 1.29 is 5.11 Å². The van der Waals surface area contributed by atoms with Crippen LogP contribution in [0.1, 0.15) is 71.6 Å². The standard InChI is InChI=1S/C18H36N2O/c1-3-7-16-8-6-12-20(13-10-16)17-9-5-11-18(14-17,15-21)19-4-2/h16-17,19,21H,3-15H2,1-2H3. The van der Waals surface area contributed by atoms with E-state index in [1.54, 1.807) is 0 Å². The normalized spacial score (nSPS) is 35.6. The van der Waals surface area contributed by atoms with E-state index < -0.39 is 0 Å². The maximum absolute atomic E-state index is 9.88. The molecule has 0 amide bonds. The van der Waals surface area contributed by atoms with Crippen molar-refractivity contribution in [2.24, 2.45) is 5.92 Å². The second-order valence-electron chi connectivity index (χ2n) is 7.34. The van der Waals surface area contributed by atoms with Crippen LogP contribution < -0.4 is 5.32 Å². The summed E-state index contributed by atoms with van der Waals surface area (Å²) < 4.78 is 0. The highest BCUT2D eigenvalue weighted by molar-refractivity contribution is 4.96. The van der Waals surface area contributed by atoms with Crippen molar-refractivity contribution in [3.05, 3.63) is 0 Å². The molecule has 0 aromatic heterocycles. The summed E-state index contributed by atoms with van der Waals surface area (Å²) in [4.78, 5) is 2.75. The fourth-order valence-corrected chi connectivity index (χ4v) is 4.63. The summed E-state index contributed by atoms with van der Waals surface area (Å²) in [5.41, 5.74) is -0.00715. The van der Waals surface area contributed by atoms with E-state index in [4.69, 9.17) is 0 Å². The van der Waals surface area contributed by atoms with Crippen LogP contribution in [0, 0.1) is 5.92 Å². The molecular weight excluding hydrogens is 260 g/mol. The lowest BCUT2D eigenvalue weighted by Gasteiger charge is -2.44. The number of likely N-dealkylation sites (N-methyl/N-ethyl adjacent to an activating group) is 1. The number of likely N-dealkylation sites (tertiary alicyclic amines) is 1. The maximum atomic E-state index is 9.88. The van der Waals surface area contributed by atoms with E-state index in [1.807, 2.05) is 0 Å². The molecule has 0 aromatic carbocycles. The molecule has 1 saturated heterocycles. The first-order valence-corrected chi connectivity index (χ1v) is 9.33. The lowest BCUT2D eigenvalue weighted by atomic mass is 9.78. The molecule has 2 aliphatic rings. The van der Waals surface area contributed by atoms with E-state index in [9.17, 15) is 5.11 Å². The number of nitrogens with zero attached hydrogens (tertiary/aromatic N) is 1. The third-order valence-corrected chi connectivity index (χ3v) is 5.77. The molecule has 21 heavy (non-hydrogen) atoms. The lowest BCUT2D eigenvalue weighted by Crippen LogP contribution is -2.56. The maximum Gasteiger partial charge on any atom is 0.0613 e. The van der Waals surface area contributed by atoms with E-state index in [-0.39, 0.29) is 5.54 Å². The van der Waals surface area contributed by atoms with Gasteiger partial charge in [0.15, 0.2) is 0 Å². The van der Waals surface area contributed by atoms with Crippen LogP contribution in [0.15, 0.2) is 0 Å². The van der Waals surface area contributed by atoms with Gasteiger partial charge >= 0.3 is 0 Å². The SMILES string of the molecule is CCCC1CCCN(C2CCCC(CO)(NCC)C2)CC1. The van der Waals surface area contributed by atoms with Gasteiger partial charge < -0.3 is 15.3 Å². The van der Waals surface area contributed by atoms with Gasteiger partial charge in [-0.3, -0.25) is 0 Å². The molecule has 1 saturated carbocycles. The average Bonchev–Trinajstić information content (AvgIpc) is 2.74. The van der Waals surface area contributed by atoms with Crippen LogP contribution in [0.5, 0.6) is 0 Å². The predicted octanol–water partition coefficient (Wildman–Crippen LogP) is 3.17. The molecule has 1 aliphatic carbocycles. The first-order chi connectivity index (χ1) is 10.2. The molecular formula is C18H36N2O. The number of aliphatic hydroxyl groups excluding tert-OH is 1. The molecule has 0 radical (unpaired) electrons. The zero-order chi connectivity index (χ0) is 15.1. The quantitative estimate of drug-likeness (QED) is 0.790. The Kier molecular flexibility index (Phi) is 6.97. The fourth-order valence-electron chi connectivity index (χ4n) is 4.63. The van der Waals surface area contributed by atoms with Crippen molar-refractivity contribution in [3.8, 4) is 0 Å². The van der Waals surface area contributed by atoms with Crippen molar-refractivity contribution in [1.82, 2.24) is 10.2 Å². The Morgan fingerprint density at radius 2 is 2.00 bits per heavy atom.